The molecule has 1 aromatic heterocycles. The van der Waals surface area contributed by atoms with Crippen molar-refractivity contribution in [1.29, 1.82) is 0 Å². The maximum absolute atomic E-state index is 11.5. The van der Waals surface area contributed by atoms with Crippen LogP contribution in [0.3, 0.4) is 0 Å². The van der Waals surface area contributed by atoms with Gasteiger partial charge in [0.2, 0.25) is 6.41 Å². The Kier molecular flexibility index (Phi) is 4.09. The fraction of sp³-hybridized carbons (Fsp3) is 0.333. The zero-order valence-corrected chi connectivity index (χ0v) is 13.0. The Morgan fingerprint density at radius 2 is 2.14 bits per heavy atom. The van der Waals surface area contributed by atoms with E-state index in [2.05, 4.69) is 22.4 Å². The molecule has 0 radical (unpaired) electrons. The first-order valence-corrected chi connectivity index (χ1v) is 7.64. The SMILES string of the molecule is CNc1ccccc1N(C=O)CC1CC1c1ccc(C)cn1. The Bertz CT molecular complexity index is 654. The summed E-state index contributed by atoms with van der Waals surface area (Å²) in [7, 11) is 1.87. The van der Waals surface area contributed by atoms with Crippen LogP contribution < -0.4 is 10.2 Å². The van der Waals surface area contributed by atoms with Gasteiger partial charge in [0.05, 0.1) is 11.4 Å². The number of rotatable bonds is 6. The van der Waals surface area contributed by atoms with Crippen molar-refractivity contribution in [3.8, 4) is 0 Å². The second-order valence-corrected chi connectivity index (χ2v) is 5.89. The van der Waals surface area contributed by atoms with Gasteiger partial charge in [-0.1, -0.05) is 18.2 Å². The largest absolute Gasteiger partial charge is 0.386 e. The maximum Gasteiger partial charge on any atom is 0.214 e. The predicted molar refractivity (Wildman–Crippen MR) is 89.2 cm³/mol. The number of hydrogen-bond donors (Lipinski definition) is 1. The van der Waals surface area contributed by atoms with E-state index in [1.165, 1.54) is 5.56 Å². The molecule has 4 heteroatoms. The molecule has 0 saturated heterocycles. The lowest BCUT2D eigenvalue weighted by Gasteiger charge is -2.20. The molecule has 1 aliphatic rings. The zero-order valence-electron chi connectivity index (χ0n) is 13.0. The zero-order chi connectivity index (χ0) is 15.5. The molecule has 1 aromatic carbocycles. The van der Waals surface area contributed by atoms with Gasteiger partial charge in [0.15, 0.2) is 0 Å². The van der Waals surface area contributed by atoms with Crippen LogP contribution in [-0.4, -0.2) is 25.0 Å². The molecule has 114 valence electrons. The molecule has 0 aliphatic heterocycles. The summed E-state index contributed by atoms with van der Waals surface area (Å²) in [6.45, 7) is 2.78. The van der Waals surface area contributed by atoms with Gasteiger partial charge in [-0.15, -0.1) is 0 Å². The van der Waals surface area contributed by atoms with E-state index in [9.17, 15) is 4.79 Å². The highest BCUT2D eigenvalue weighted by Crippen LogP contribution is 2.47. The average Bonchev–Trinajstić information content (AvgIpc) is 3.32. The van der Waals surface area contributed by atoms with Crippen molar-refractivity contribution in [2.75, 3.05) is 23.8 Å². The number of benzene rings is 1. The standard InChI is InChI=1S/C18H21N3O/c1-13-7-8-16(20-10-13)15-9-14(15)11-21(12-22)18-6-4-3-5-17(18)19-2/h3-8,10,12,14-15,19H,9,11H2,1-2H3. The first kappa shape index (κ1) is 14.6. The van der Waals surface area contributed by atoms with Crippen LogP contribution in [0.4, 0.5) is 11.4 Å². The van der Waals surface area contributed by atoms with E-state index < -0.39 is 0 Å². The topological polar surface area (TPSA) is 45.2 Å². The van der Waals surface area contributed by atoms with Crippen LogP contribution in [0.5, 0.6) is 0 Å². The van der Waals surface area contributed by atoms with E-state index in [1.54, 1.807) is 4.90 Å². The number of carbonyl (C=O) groups excluding carboxylic acids is 1. The van der Waals surface area contributed by atoms with E-state index in [0.717, 1.165) is 36.4 Å². The van der Waals surface area contributed by atoms with Crippen LogP contribution in [-0.2, 0) is 4.79 Å². The molecule has 1 fully saturated rings. The fourth-order valence-electron chi connectivity index (χ4n) is 2.90. The van der Waals surface area contributed by atoms with E-state index in [0.29, 0.717) is 11.8 Å². The van der Waals surface area contributed by atoms with Gasteiger partial charge in [-0.05, 0) is 43.0 Å². The number of pyridine rings is 1. The van der Waals surface area contributed by atoms with E-state index >= 15 is 0 Å². The van der Waals surface area contributed by atoms with E-state index in [-0.39, 0.29) is 0 Å². The lowest BCUT2D eigenvalue weighted by molar-refractivity contribution is -0.107. The molecule has 3 rings (SSSR count). The van der Waals surface area contributed by atoms with Gasteiger partial charge in [-0.3, -0.25) is 9.78 Å². The quantitative estimate of drug-likeness (QED) is 0.832. The minimum atomic E-state index is 0.477. The second-order valence-electron chi connectivity index (χ2n) is 5.89. The number of nitrogens with one attached hydrogen (secondary N) is 1. The first-order valence-electron chi connectivity index (χ1n) is 7.64. The molecule has 2 aromatic rings. The summed E-state index contributed by atoms with van der Waals surface area (Å²) in [5.41, 5.74) is 4.23. The molecule has 2 unspecified atom stereocenters. The molecule has 1 heterocycles. The van der Waals surface area contributed by atoms with Crippen LogP contribution >= 0.6 is 0 Å². The number of nitrogens with zero attached hydrogens (tertiary/aromatic N) is 2. The van der Waals surface area contributed by atoms with E-state index in [4.69, 9.17) is 0 Å². The molecule has 1 aliphatic carbocycles. The summed E-state index contributed by atoms with van der Waals surface area (Å²) >= 11 is 0. The van der Waals surface area contributed by atoms with E-state index in [1.807, 2.05) is 44.4 Å². The molecular formula is C18H21N3O. The van der Waals surface area contributed by atoms with Crippen LogP contribution in [0.25, 0.3) is 0 Å². The van der Waals surface area contributed by atoms with Crippen LogP contribution in [0.1, 0.15) is 23.6 Å². The lowest BCUT2D eigenvalue weighted by atomic mass is 10.2. The highest BCUT2D eigenvalue weighted by atomic mass is 16.1. The molecule has 0 bridgehead atoms. The molecule has 4 nitrogen and oxygen atoms in total. The number of para-hydroxylation sites is 2. The number of aryl methyl sites for hydroxylation is 1. The molecule has 0 spiro atoms. The number of carbonyl (C=O) groups is 1. The summed E-state index contributed by atoms with van der Waals surface area (Å²) in [6.07, 6.45) is 3.94. The van der Waals surface area contributed by atoms with Gasteiger partial charge in [0, 0.05) is 31.4 Å². The maximum atomic E-state index is 11.5. The number of amides is 1. The van der Waals surface area contributed by atoms with Gasteiger partial charge in [0.25, 0.3) is 0 Å². The Morgan fingerprint density at radius 1 is 1.32 bits per heavy atom. The third kappa shape index (κ3) is 2.96. The van der Waals surface area contributed by atoms with Gasteiger partial charge < -0.3 is 10.2 Å². The van der Waals surface area contributed by atoms with Crippen molar-refractivity contribution in [3.05, 3.63) is 53.9 Å². The van der Waals surface area contributed by atoms with Gasteiger partial charge in [-0.2, -0.15) is 0 Å². The molecule has 1 amide bonds. The summed E-state index contributed by atoms with van der Waals surface area (Å²) in [4.78, 5) is 17.8. The van der Waals surface area contributed by atoms with Gasteiger partial charge in [0.1, 0.15) is 0 Å². The number of anilines is 2. The van der Waals surface area contributed by atoms with Crippen molar-refractivity contribution < 1.29 is 4.79 Å². The second kappa shape index (κ2) is 6.18. The minimum Gasteiger partial charge on any atom is -0.386 e. The van der Waals surface area contributed by atoms with Crippen molar-refractivity contribution >= 4 is 17.8 Å². The Labute approximate surface area is 131 Å². The Morgan fingerprint density at radius 3 is 2.82 bits per heavy atom. The summed E-state index contributed by atoms with van der Waals surface area (Å²) in [5, 5.41) is 3.14. The molecule has 2 atom stereocenters. The third-order valence-corrected chi connectivity index (χ3v) is 4.28. The Balaban J connectivity index is 1.70. The molecule has 1 saturated carbocycles. The summed E-state index contributed by atoms with van der Waals surface area (Å²) < 4.78 is 0. The lowest BCUT2D eigenvalue weighted by Crippen LogP contribution is -2.25. The predicted octanol–water partition coefficient (Wildman–Crippen LogP) is 3.20. The van der Waals surface area contributed by atoms with Crippen molar-refractivity contribution in [1.82, 2.24) is 4.98 Å². The molecular weight excluding hydrogens is 274 g/mol. The first-order chi connectivity index (χ1) is 10.7. The minimum absolute atomic E-state index is 0.477. The fourth-order valence-corrected chi connectivity index (χ4v) is 2.90. The highest BCUT2D eigenvalue weighted by Gasteiger charge is 2.40. The van der Waals surface area contributed by atoms with Gasteiger partial charge >= 0.3 is 0 Å². The normalized spacial score (nSPS) is 19.5. The van der Waals surface area contributed by atoms with Crippen molar-refractivity contribution in [2.45, 2.75) is 19.3 Å². The Hall–Kier alpha value is -2.36. The molecule has 22 heavy (non-hydrogen) atoms. The number of aromatic nitrogens is 1. The van der Waals surface area contributed by atoms with Crippen LogP contribution in [0.15, 0.2) is 42.6 Å². The average molecular weight is 295 g/mol. The van der Waals surface area contributed by atoms with Gasteiger partial charge in [-0.25, -0.2) is 0 Å². The third-order valence-electron chi connectivity index (χ3n) is 4.28. The summed E-state index contributed by atoms with van der Waals surface area (Å²) in [5.74, 6) is 0.968. The van der Waals surface area contributed by atoms with Crippen molar-refractivity contribution in [2.24, 2.45) is 5.92 Å². The van der Waals surface area contributed by atoms with Crippen LogP contribution in [0.2, 0.25) is 0 Å². The monoisotopic (exact) mass is 295 g/mol. The smallest absolute Gasteiger partial charge is 0.214 e. The van der Waals surface area contributed by atoms with Crippen molar-refractivity contribution in [3.63, 3.8) is 0 Å². The highest BCUT2D eigenvalue weighted by molar-refractivity contribution is 5.83. The number of hydrogen-bond acceptors (Lipinski definition) is 3. The van der Waals surface area contributed by atoms with Crippen LogP contribution in [0, 0.1) is 12.8 Å². The molecule has 1 N–H and O–H groups in total. The summed E-state index contributed by atoms with van der Waals surface area (Å²) in [6, 6.07) is 12.1.